The van der Waals surface area contributed by atoms with Crippen molar-refractivity contribution in [3.8, 4) is 0 Å². The molecule has 224 valence electrons. The number of carbonyl (C=O) groups is 2. The first-order valence-corrected chi connectivity index (χ1v) is 15.4. The molecule has 0 aromatic heterocycles. The first-order chi connectivity index (χ1) is 20.0. The molecule has 4 aliphatic rings. The molecule has 4 fully saturated rings. The fourth-order valence-electron chi connectivity index (χ4n) is 6.22. The van der Waals surface area contributed by atoms with E-state index in [1.54, 1.807) is 4.90 Å². The summed E-state index contributed by atoms with van der Waals surface area (Å²) in [6.45, 7) is 15.3. The average molecular weight is 593 g/mol. The number of rotatable bonds is 6. The normalized spacial score (nSPS) is 21.7. The second-order valence-electron chi connectivity index (χ2n) is 13.3. The van der Waals surface area contributed by atoms with Crippen molar-refractivity contribution in [3.63, 3.8) is 0 Å². The summed E-state index contributed by atoms with van der Waals surface area (Å²) in [6, 6.07) is 13.8. The quantitative estimate of drug-likeness (QED) is 0.432. The van der Waals surface area contributed by atoms with Gasteiger partial charge in [0.05, 0.1) is 19.3 Å². The number of halogens is 1. The van der Waals surface area contributed by atoms with Crippen molar-refractivity contribution in [3.05, 3.63) is 65.2 Å². The van der Waals surface area contributed by atoms with Gasteiger partial charge in [-0.3, -0.25) is 4.79 Å². The van der Waals surface area contributed by atoms with Crippen LogP contribution in [0.1, 0.15) is 57.2 Å². The lowest BCUT2D eigenvalue weighted by molar-refractivity contribution is -0.117. The molecule has 9 heteroatoms. The van der Waals surface area contributed by atoms with E-state index in [1.165, 1.54) is 0 Å². The summed E-state index contributed by atoms with van der Waals surface area (Å²) in [5, 5.41) is 3.78. The van der Waals surface area contributed by atoms with E-state index < -0.39 is 5.60 Å². The number of nitrogens with zero attached hydrogens (tertiary/aromatic N) is 3. The van der Waals surface area contributed by atoms with Crippen LogP contribution in [-0.4, -0.2) is 73.3 Å². The van der Waals surface area contributed by atoms with Crippen molar-refractivity contribution >= 4 is 40.7 Å². The van der Waals surface area contributed by atoms with E-state index in [0.29, 0.717) is 24.7 Å². The van der Waals surface area contributed by atoms with E-state index >= 15 is 0 Å². The Morgan fingerprint density at radius 1 is 1.10 bits per heavy atom. The molecule has 8 nitrogen and oxygen atoms in total. The number of piperazine rings is 1. The summed E-state index contributed by atoms with van der Waals surface area (Å²) >= 11 is 6.44. The Labute approximate surface area is 253 Å². The fourth-order valence-corrected chi connectivity index (χ4v) is 6.42. The van der Waals surface area contributed by atoms with E-state index in [4.69, 9.17) is 21.1 Å². The van der Waals surface area contributed by atoms with Gasteiger partial charge in [-0.05, 0) is 75.9 Å². The van der Waals surface area contributed by atoms with Crippen molar-refractivity contribution in [1.29, 1.82) is 0 Å². The van der Waals surface area contributed by atoms with E-state index in [1.807, 2.05) is 51.1 Å². The average Bonchev–Trinajstić information content (AvgIpc) is 3.68. The van der Waals surface area contributed by atoms with E-state index in [0.717, 1.165) is 73.8 Å². The van der Waals surface area contributed by atoms with Gasteiger partial charge in [-0.1, -0.05) is 30.3 Å². The van der Waals surface area contributed by atoms with E-state index in [9.17, 15) is 9.59 Å². The molecule has 0 bridgehead atoms. The largest absolute Gasteiger partial charge is 0.444 e. The second-order valence-corrected chi connectivity index (χ2v) is 13.7. The van der Waals surface area contributed by atoms with Crippen LogP contribution in [0.3, 0.4) is 0 Å². The monoisotopic (exact) mass is 592 g/mol. The third-order valence-corrected chi connectivity index (χ3v) is 8.97. The molecular weight excluding hydrogens is 552 g/mol. The summed E-state index contributed by atoms with van der Waals surface area (Å²) in [4.78, 5) is 32.2. The van der Waals surface area contributed by atoms with Gasteiger partial charge in [0.2, 0.25) is 5.91 Å². The molecule has 0 radical (unpaired) electrons. The standard InChI is InChI=1S/C33H41ClN4O4/c1-22(38-15-14-36(31(40)42-32(2,3)4)18-29(38)24-6-5-7-25(34)16-24)27-11-10-26(35-30(39)23-8-9-23)17-28(27)37-13-12-33(19-37)20-41-21-33/h5-7,10-11,16-17,23,29H,1,8-9,12-15,18-21H2,2-4H3,(H,35,39). The summed E-state index contributed by atoms with van der Waals surface area (Å²) in [7, 11) is 0. The van der Waals surface area contributed by atoms with Gasteiger partial charge >= 0.3 is 6.09 Å². The molecular formula is C33H41ClN4O4. The number of carbonyl (C=O) groups excluding carboxylic acids is 2. The molecule has 1 spiro atoms. The van der Waals surface area contributed by atoms with Crippen molar-refractivity contribution in [1.82, 2.24) is 9.80 Å². The van der Waals surface area contributed by atoms with E-state index in [2.05, 4.69) is 33.8 Å². The zero-order valence-electron chi connectivity index (χ0n) is 24.8. The van der Waals surface area contributed by atoms with Gasteiger partial charge in [-0.15, -0.1) is 0 Å². The van der Waals surface area contributed by atoms with Gasteiger partial charge < -0.3 is 29.5 Å². The van der Waals surface area contributed by atoms with Crippen LogP contribution in [0.4, 0.5) is 16.2 Å². The SMILES string of the molecule is C=C(c1ccc(NC(=O)C2CC2)cc1N1CCC2(COC2)C1)N1CCN(C(=O)OC(C)(C)C)CC1c1cccc(Cl)c1. The molecule has 1 saturated carbocycles. The summed E-state index contributed by atoms with van der Waals surface area (Å²) in [6.07, 6.45) is 2.68. The van der Waals surface area contributed by atoms with Gasteiger partial charge in [-0.25, -0.2) is 4.79 Å². The number of hydrogen-bond donors (Lipinski definition) is 1. The van der Waals surface area contributed by atoms with Gasteiger partial charge in [0.1, 0.15) is 5.60 Å². The molecule has 6 rings (SSSR count). The first-order valence-electron chi connectivity index (χ1n) is 15.0. The van der Waals surface area contributed by atoms with E-state index in [-0.39, 0.29) is 29.4 Å². The third kappa shape index (κ3) is 6.11. The lowest BCUT2D eigenvalue weighted by Gasteiger charge is -2.44. The van der Waals surface area contributed by atoms with Crippen LogP contribution in [0.5, 0.6) is 0 Å². The zero-order valence-corrected chi connectivity index (χ0v) is 25.6. The Morgan fingerprint density at radius 2 is 1.88 bits per heavy atom. The maximum atomic E-state index is 13.1. The highest BCUT2D eigenvalue weighted by molar-refractivity contribution is 6.30. The number of hydrogen-bond acceptors (Lipinski definition) is 6. The van der Waals surface area contributed by atoms with Crippen LogP contribution in [0, 0.1) is 11.3 Å². The minimum absolute atomic E-state index is 0.0945. The van der Waals surface area contributed by atoms with Gasteiger partial charge in [0.15, 0.2) is 0 Å². The molecule has 3 saturated heterocycles. The number of ether oxygens (including phenoxy) is 2. The van der Waals surface area contributed by atoms with Crippen LogP contribution in [0.15, 0.2) is 49.0 Å². The minimum atomic E-state index is -0.576. The van der Waals surface area contributed by atoms with Crippen LogP contribution in [0.2, 0.25) is 5.02 Å². The first kappa shape index (κ1) is 28.9. The number of nitrogens with one attached hydrogen (secondary N) is 1. The molecule has 3 heterocycles. The highest BCUT2D eigenvalue weighted by Gasteiger charge is 2.45. The molecule has 1 N–H and O–H groups in total. The van der Waals surface area contributed by atoms with Gasteiger partial charge in [-0.2, -0.15) is 0 Å². The molecule has 2 aromatic rings. The molecule has 3 aliphatic heterocycles. The topological polar surface area (TPSA) is 74.4 Å². The Kier molecular flexibility index (Phi) is 7.64. The predicted octanol–water partition coefficient (Wildman–Crippen LogP) is 6.18. The minimum Gasteiger partial charge on any atom is -0.444 e. The van der Waals surface area contributed by atoms with Crippen molar-refractivity contribution in [2.24, 2.45) is 11.3 Å². The molecule has 2 aromatic carbocycles. The van der Waals surface area contributed by atoms with Crippen LogP contribution in [0.25, 0.3) is 5.70 Å². The highest BCUT2D eigenvalue weighted by Crippen LogP contribution is 2.44. The number of benzene rings is 2. The van der Waals surface area contributed by atoms with Crippen molar-refractivity contribution in [2.75, 3.05) is 56.2 Å². The summed E-state index contributed by atoms with van der Waals surface area (Å²) in [5.41, 5.74) is 4.42. The maximum absolute atomic E-state index is 13.1. The summed E-state index contributed by atoms with van der Waals surface area (Å²) in [5.74, 6) is 0.224. The van der Waals surface area contributed by atoms with Crippen LogP contribution < -0.4 is 10.2 Å². The summed E-state index contributed by atoms with van der Waals surface area (Å²) < 4.78 is 11.3. The third-order valence-electron chi connectivity index (χ3n) is 8.73. The number of amides is 2. The molecule has 1 unspecified atom stereocenters. The molecule has 1 atom stereocenters. The van der Waals surface area contributed by atoms with Crippen LogP contribution in [-0.2, 0) is 14.3 Å². The van der Waals surface area contributed by atoms with Gasteiger partial charge in [0.25, 0.3) is 0 Å². The zero-order chi connectivity index (χ0) is 29.6. The lowest BCUT2D eigenvalue weighted by Crippen LogP contribution is -2.50. The second kappa shape index (κ2) is 11.1. The van der Waals surface area contributed by atoms with Crippen molar-refractivity contribution < 1.29 is 19.1 Å². The maximum Gasteiger partial charge on any atom is 0.410 e. The Balaban J connectivity index is 1.31. The Bertz CT molecular complexity index is 1380. The smallest absolute Gasteiger partial charge is 0.410 e. The van der Waals surface area contributed by atoms with Crippen molar-refractivity contribution in [2.45, 2.75) is 51.7 Å². The predicted molar refractivity (Wildman–Crippen MR) is 166 cm³/mol. The molecule has 1 aliphatic carbocycles. The highest BCUT2D eigenvalue weighted by atomic mass is 35.5. The Hall–Kier alpha value is -3.23. The fraction of sp³-hybridized carbons (Fsp3) is 0.515. The van der Waals surface area contributed by atoms with Crippen LogP contribution >= 0.6 is 11.6 Å². The molecule has 2 amide bonds. The number of anilines is 2. The Morgan fingerprint density at radius 3 is 2.52 bits per heavy atom. The molecule has 42 heavy (non-hydrogen) atoms. The van der Waals surface area contributed by atoms with Gasteiger partial charge in [0, 0.05) is 71.7 Å². The lowest BCUT2D eigenvalue weighted by atomic mass is 9.85.